The molecule has 0 spiro atoms. The Kier molecular flexibility index (Phi) is 14.8. The zero-order valence-corrected chi connectivity index (χ0v) is 37.2. The van der Waals surface area contributed by atoms with Crippen molar-refractivity contribution in [2.45, 2.75) is 37.8 Å². The fourth-order valence-electron chi connectivity index (χ4n) is 7.65. The zero-order chi connectivity index (χ0) is 45.0. The van der Waals surface area contributed by atoms with Crippen LogP contribution in [0.25, 0.3) is 21.8 Å². The maximum Gasteiger partial charge on any atom is 0.261 e. The monoisotopic (exact) mass is 926 g/mol. The van der Waals surface area contributed by atoms with Gasteiger partial charge in [-0.3, -0.25) is 23.6 Å². The van der Waals surface area contributed by atoms with Crippen LogP contribution in [0, 0.1) is 35.3 Å². The Balaban J connectivity index is 0.000000155. The zero-order valence-electron chi connectivity index (χ0n) is 35.6. The third-order valence-corrected chi connectivity index (χ3v) is 11.6. The van der Waals surface area contributed by atoms with Crippen molar-refractivity contribution in [1.82, 2.24) is 29.3 Å². The molecule has 11 heteroatoms. The molecule has 10 rings (SSSR count). The van der Waals surface area contributed by atoms with E-state index in [0.717, 1.165) is 73.7 Å². The molecule has 0 saturated carbocycles. The van der Waals surface area contributed by atoms with Crippen LogP contribution in [0.3, 0.4) is 0 Å². The minimum atomic E-state index is -0.311. The van der Waals surface area contributed by atoms with E-state index >= 15 is 0 Å². The summed E-state index contributed by atoms with van der Waals surface area (Å²) in [5, 5.41) is 5.43. The van der Waals surface area contributed by atoms with Crippen LogP contribution in [-0.4, -0.2) is 50.2 Å². The lowest BCUT2D eigenvalue weighted by molar-refractivity contribution is 0.271. The Labute approximate surface area is 384 Å². The first-order chi connectivity index (χ1) is 31.8. The predicted molar refractivity (Wildman–Crippen MR) is 258 cm³/mol. The number of aromatic nitrogens is 4. The van der Waals surface area contributed by atoms with Gasteiger partial charge in [-0.15, -0.1) is 0 Å². The first-order valence-electron chi connectivity index (χ1n) is 21.5. The van der Waals surface area contributed by atoms with Crippen molar-refractivity contribution in [2.24, 2.45) is 0 Å². The second-order valence-corrected chi connectivity index (χ2v) is 16.1. The summed E-state index contributed by atoms with van der Waals surface area (Å²) in [5.74, 6) is 13.0. The van der Waals surface area contributed by atoms with E-state index < -0.39 is 0 Å². The molecule has 0 atom stereocenters. The van der Waals surface area contributed by atoms with Gasteiger partial charge < -0.3 is 5.32 Å². The van der Waals surface area contributed by atoms with Gasteiger partial charge in [0.1, 0.15) is 23.3 Å². The van der Waals surface area contributed by atoms with Gasteiger partial charge in [0.05, 0.1) is 21.8 Å². The average Bonchev–Trinajstić information content (AvgIpc) is 3.70. The minimum Gasteiger partial charge on any atom is -0.315 e. The van der Waals surface area contributed by atoms with Crippen LogP contribution in [0.2, 0.25) is 0 Å². The average molecular weight is 928 g/mol. The molecule has 0 amide bonds. The SMILES string of the molecule is BrCc1ccccc1.O=c1c2ccc(C#Cc3cccc(F)c3)cc2nc2n1CCN(Cc1ccccc1)CC2.O=c1c2ccc(C#Cc3cccc(F)c3)cc2nc2n1CCNCC2. The molecule has 2 aliphatic heterocycles. The van der Waals surface area contributed by atoms with Crippen LogP contribution >= 0.6 is 15.9 Å². The van der Waals surface area contributed by atoms with Crippen LogP contribution in [0.4, 0.5) is 8.78 Å². The number of fused-ring (bicyclic) bond motifs is 4. The molecule has 8 aromatic rings. The molecular weight excluding hydrogens is 883 g/mol. The van der Waals surface area contributed by atoms with E-state index in [1.54, 1.807) is 47.0 Å². The van der Waals surface area contributed by atoms with E-state index in [1.165, 1.54) is 35.4 Å². The third-order valence-electron chi connectivity index (χ3n) is 11.0. The Morgan fingerprint density at radius 3 is 1.55 bits per heavy atom. The quantitative estimate of drug-likeness (QED) is 0.141. The summed E-state index contributed by atoms with van der Waals surface area (Å²) in [6, 6.07) is 43.9. The van der Waals surface area contributed by atoms with Gasteiger partial charge in [0.25, 0.3) is 11.1 Å². The molecule has 0 aliphatic carbocycles. The topological polar surface area (TPSA) is 85.1 Å². The van der Waals surface area contributed by atoms with Crippen LogP contribution < -0.4 is 16.4 Å². The predicted octanol–water partition coefficient (Wildman–Crippen LogP) is 8.66. The third kappa shape index (κ3) is 11.8. The maximum absolute atomic E-state index is 13.4. The molecule has 2 aromatic heterocycles. The largest absolute Gasteiger partial charge is 0.315 e. The highest BCUT2D eigenvalue weighted by atomic mass is 79.9. The van der Waals surface area contributed by atoms with Crippen molar-refractivity contribution in [3.05, 3.63) is 223 Å². The fourth-order valence-corrected chi connectivity index (χ4v) is 8.02. The lowest BCUT2D eigenvalue weighted by Crippen LogP contribution is -2.28. The first-order valence-corrected chi connectivity index (χ1v) is 22.6. The highest BCUT2D eigenvalue weighted by molar-refractivity contribution is 9.08. The summed E-state index contributed by atoms with van der Waals surface area (Å²) in [6.45, 7) is 5.39. The molecule has 65 heavy (non-hydrogen) atoms. The molecule has 324 valence electrons. The van der Waals surface area contributed by atoms with E-state index in [-0.39, 0.29) is 22.8 Å². The molecule has 0 unspecified atom stereocenters. The van der Waals surface area contributed by atoms with E-state index in [1.807, 2.05) is 47.0 Å². The van der Waals surface area contributed by atoms with Gasteiger partial charge in [-0.25, -0.2) is 18.7 Å². The smallest absolute Gasteiger partial charge is 0.261 e. The molecular formula is C54H45BrF2N6O2. The number of alkyl halides is 1. The van der Waals surface area contributed by atoms with Crippen LogP contribution in [0.5, 0.6) is 0 Å². The number of nitrogens with one attached hydrogen (secondary N) is 1. The number of hydrogen-bond acceptors (Lipinski definition) is 6. The highest BCUT2D eigenvalue weighted by Gasteiger charge is 2.18. The standard InChI is InChI=1S/C27H22FN3O.C20H16FN3O.C7H7Br/c28-23-8-4-7-20(17-23)9-10-21-11-12-24-25(18-21)29-26-13-14-30(15-16-31(26)27(24)32)19-22-5-2-1-3-6-22;21-16-3-1-2-14(12-16)4-5-15-6-7-17-18(13-15)23-19-8-9-22-10-11-24(19)20(17)25;8-6-7-4-2-1-3-5-7/h1-8,11-12,17-18H,13-16,19H2;1-3,6-7,12-13,22H,8-11H2;1-5H,6H2. The van der Waals surface area contributed by atoms with E-state index in [4.69, 9.17) is 4.98 Å². The summed E-state index contributed by atoms with van der Waals surface area (Å²) < 4.78 is 30.2. The van der Waals surface area contributed by atoms with Crippen molar-refractivity contribution in [1.29, 1.82) is 0 Å². The molecule has 4 heterocycles. The summed E-state index contributed by atoms with van der Waals surface area (Å²) in [4.78, 5) is 37.7. The molecule has 0 fully saturated rings. The van der Waals surface area contributed by atoms with Crippen LogP contribution in [-0.2, 0) is 37.8 Å². The molecule has 0 radical (unpaired) electrons. The van der Waals surface area contributed by atoms with Gasteiger partial charge in [-0.2, -0.15) is 0 Å². The van der Waals surface area contributed by atoms with Crippen molar-refractivity contribution in [3.8, 4) is 23.7 Å². The second-order valence-electron chi connectivity index (χ2n) is 15.6. The number of halogens is 3. The summed E-state index contributed by atoms with van der Waals surface area (Å²) in [6.07, 6.45) is 1.45. The summed E-state index contributed by atoms with van der Waals surface area (Å²) >= 11 is 3.36. The summed E-state index contributed by atoms with van der Waals surface area (Å²) in [5.41, 5.74) is 6.62. The Morgan fingerprint density at radius 2 is 1.03 bits per heavy atom. The number of rotatable bonds is 3. The van der Waals surface area contributed by atoms with Crippen molar-refractivity contribution >= 4 is 37.7 Å². The minimum absolute atomic E-state index is 0.00352. The van der Waals surface area contributed by atoms with Gasteiger partial charge in [-0.1, -0.05) is 112 Å². The van der Waals surface area contributed by atoms with E-state index in [2.05, 4.69) is 91.2 Å². The normalized spacial score (nSPS) is 13.2. The Bertz CT molecular complexity index is 3210. The Morgan fingerprint density at radius 1 is 0.523 bits per heavy atom. The molecule has 0 bridgehead atoms. The molecule has 8 nitrogen and oxygen atoms in total. The molecule has 6 aromatic carbocycles. The fraction of sp³-hybridized carbons (Fsp3) is 0.185. The van der Waals surface area contributed by atoms with Gasteiger partial charge >= 0.3 is 0 Å². The number of hydrogen-bond donors (Lipinski definition) is 1. The number of nitrogens with zero attached hydrogens (tertiary/aromatic N) is 5. The Hall–Kier alpha value is -7.02. The number of benzene rings is 6. The van der Waals surface area contributed by atoms with Crippen molar-refractivity contribution < 1.29 is 8.78 Å². The lowest BCUT2D eigenvalue weighted by Gasteiger charge is -2.19. The van der Waals surface area contributed by atoms with Crippen molar-refractivity contribution in [3.63, 3.8) is 0 Å². The molecule has 0 saturated heterocycles. The van der Waals surface area contributed by atoms with E-state index in [9.17, 15) is 18.4 Å². The molecule has 2 aliphatic rings. The van der Waals surface area contributed by atoms with Gasteiger partial charge in [0.15, 0.2) is 0 Å². The van der Waals surface area contributed by atoms with Gasteiger partial charge in [0, 0.05) is 86.2 Å². The lowest BCUT2D eigenvalue weighted by atomic mass is 10.1. The van der Waals surface area contributed by atoms with E-state index in [0.29, 0.717) is 46.0 Å². The maximum atomic E-state index is 13.4. The first kappa shape index (κ1) is 44.6. The highest BCUT2D eigenvalue weighted by Crippen LogP contribution is 2.16. The summed E-state index contributed by atoms with van der Waals surface area (Å²) in [7, 11) is 0. The van der Waals surface area contributed by atoms with Gasteiger partial charge in [-0.05, 0) is 83.9 Å². The second kappa shape index (κ2) is 21.6. The van der Waals surface area contributed by atoms with Crippen LogP contribution in [0.15, 0.2) is 155 Å². The van der Waals surface area contributed by atoms with Crippen LogP contribution in [0.1, 0.15) is 45.0 Å². The van der Waals surface area contributed by atoms with Crippen molar-refractivity contribution in [2.75, 3.05) is 26.2 Å². The molecule has 1 N–H and O–H groups in total. The van der Waals surface area contributed by atoms with Gasteiger partial charge in [0.2, 0.25) is 0 Å².